The number of ether oxygens (including phenoxy) is 1. The number of amides is 1. The molecule has 0 bridgehead atoms. The van der Waals surface area contributed by atoms with Gasteiger partial charge in [0.15, 0.2) is 0 Å². The van der Waals surface area contributed by atoms with Crippen LogP contribution in [-0.2, 0) is 30.8 Å². The monoisotopic (exact) mass is 368 g/mol. The van der Waals surface area contributed by atoms with Crippen molar-refractivity contribution in [2.75, 3.05) is 31.3 Å². The Morgan fingerprint density at radius 2 is 1.96 bits per heavy atom. The van der Waals surface area contributed by atoms with Crippen molar-refractivity contribution >= 4 is 27.6 Å². The topological polar surface area (TPSA) is 92.8 Å². The zero-order valence-electron chi connectivity index (χ0n) is 14.5. The number of rotatable bonds is 6. The van der Waals surface area contributed by atoms with Gasteiger partial charge in [0, 0.05) is 18.8 Å². The summed E-state index contributed by atoms with van der Waals surface area (Å²) in [4.78, 5) is 23.8. The predicted octanol–water partition coefficient (Wildman–Crippen LogP) is 1.40. The van der Waals surface area contributed by atoms with Gasteiger partial charge in [0.2, 0.25) is 15.9 Å². The van der Waals surface area contributed by atoms with Crippen molar-refractivity contribution in [3.05, 3.63) is 29.8 Å². The van der Waals surface area contributed by atoms with Gasteiger partial charge in [0.1, 0.15) is 0 Å². The summed E-state index contributed by atoms with van der Waals surface area (Å²) in [5.41, 5.74) is 1.42. The van der Waals surface area contributed by atoms with Crippen LogP contribution >= 0.6 is 0 Å². The molecule has 0 radical (unpaired) electrons. The molecule has 1 fully saturated rings. The molecule has 1 saturated heterocycles. The highest BCUT2D eigenvalue weighted by molar-refractivity contribution is 7.88. The van der Waals surface area contributed by atoms with E-state index in [0.29, 0.717) is 31.7 Å². The van der Waals surface area contributed by atoms with Crippen molar-refractivity contribution in [2.24, 2.45) is 5.92 Å². The molecule has 1 aliphatic rings. The average Bonchev–Trinajstić information content (AvgIpc) is 2.56. The minimum Gasteiger partial charge on any atom is -0.466 e. The summed E-state index contributed by atoms with van der Waals surface area (Å²) in [5.74, 6) is -0.837. The molecule has 1 aromatic rings. The summed E-state index contributed by atoms with van der Waals surface area (Å²) in [6, 6.07) is 6.97. The van der Waals surface area contributed by atoms with E-state index >= 15 is 0 Å². The zero-order valence-corrected chi connectivity index (χ0v) is 15.3. The molecular weight excluding hydrogens is 344 g/mol. The first-order valence-electron chi connectivity index (χ1n) is 8.30. The molecule has 1 aromatic carbocycles. The SMILES string of the molecule is CCOC(=O)Cc1ccc(NC(=O)[C@@H]2CCCN(S(C)(=O)=O)C2)cc1. The summed E-state index contributed by atoms with van der Waals surface area (Å²) in [6.45, 7) is 2.78. The maximum atomic E-state index is 12.4. The van der Waals surface area contributed by atoms with E-state index in [9.17, 15) is 18.0 Å². The Bertz CT molecular complexity index is 715. The normalized spacial score (nSPS) is 18.6. The zero-order chi connectivity index (χ0) is 18.4. The first-order valence-corrected chi connectivity index (χ1v) is 10.1. The number of nitrogens with one attached hydrogen (secondary N) is 1. The maximum Gasteiger partial charge on any atom is 0.310 e. The molecule has 1 atom stereocenters. The van der Waals surface area contributed by atoms with Gasteiger partial charge in [0.25, 0.3) is 0 Å². The van der Waals surface area contributed by atoms with Gasteiger partial charge in [0.05, 0.1) is 25.2 Å². The van der Waals surface area contributed by atoms with Crippen molar-refractivity contribution < 1.29 is 22.7 Å². The third-order valence-corrected chi connectivity index (χ3v) is 5.37. The molecule has 1 aliphatic heterocycles. The van der Waals surface area contributed by atoms with Crippen molar-refractivity contribution in [2.45, 2.75) is 26.2 Å². The van der Waals surface area contributed by atoms with E-state index in [-0.39, 0.29) is 30.8 Å². The van der Waals surface area contributed by atoms with Crippen LogP contribution < -0.4 is 5.32 Å². The Hall–Kier alpha value is -1.93. The lowest BCUT2D eigenvalue weighted by molar-refractivity contribution is -0.142. The molecule has 7 nitrogen and oxygen atoms in total. The van der Waals surface area contributed by atoms with Crippen LogP contribution in [0.15, 0.2) is 24.3 Å². The predicted molar refractivity (Wildman–Crippen MR) is 94.5 cm³/mol. The van der Waals surface area contributed by atoms with Gasteiger partial charge in [-0.25, -0.2) is 12.7 Å². The highest BCUT2D eigenvalue weighted by Gasteiger charge is 2.30. The number of esters is 1. The highest BCUT2D eigenvalue weighted by atomic mass is 32.2. The van der Waals surface area contributed by atoms with E-state index in [0.717, 1.165) is 11.8 Å². The molecule has 138 valence electrons. The summed E-state index contributed by atoms with van der Waals surface area (Å²) in [6.07, 6.45) is 2.69. The third-order valence-electron chi connectivity index (χ3n) is 4.10. The number of carbonyl (C=O) groups excluding carboxylic acids is 2. The molecule has 0 unspecified atom stereocenters. The number of sulfonamides is 1. The van der Waals surface area contributed by atoms with Gasteiger partial charge in [-0.3, -0.25) is 9.59 Å². The molecule has 8 heteroatoms. The Labute approximate surface area is 148 Å². The van der Waals surface area contributed by atoms with Gasteiger partial charge in [-0.15, -0.1) is 0 Å². The van der Waals surface area contributed by atoms with E-state index in [4.69, 9.17) is 4.74 Å². The molecule has 1 heterocycles. The number of anilines is 1. The van der Waals surface area contributed by atoms with E-state index in [1.54, 1.807) is 31.2 Å². The lowest BCUT2D eigenvalue weighted by Gasteiger charge is -2.30. The lowest BCUT2D eigenvalue weighted by atomic mass is 9.98. The first kappa shape index (κ1) is 19.4. The average molecular weight is 368 g/mol. The minimum atomic E-state index is -3.28. The van der Waals surface area contributed by atoms with Gasteiger partial charge in [-0.2, -0.15) is 0 Å². The van der Waals surface area contributed by atoms with E-state index in [1.165, 1.54) is 4.31 Å². The van der Waals surface area contributed by atoms with Gasteiger partial charge < -0.3 is 10.1 Å². The van der Waals surface area contributed by atoms with Crippen molar-refractivity contribution in [1.82, 2.24) is 4.31 Å². The lowest BCUT2D eigenvalue weighted by Crippen LogP contribution is -2.43. The molecule has 25 heavy (non-hydrogen) atoms. The summed E-state index contributed by atoms with van der Waals surface area (Å²) >= 11 is 0. The van der Waals surface area contributed by atoms with Gasteiger partial charge >= 0.3 is 5.97 Å². The smallest absolute Gasteiger partial charge is 0.310 e. The largest absolute Gasteiger partial charge is 0.466 e. The Morgan fingerprint density at radius 1 is 1.28 bits per heavy atom. The molecule has 0 saturated carbocycles. The molecule has 2 rings (SSSR count). The Morgan fingerprint density at radius 3 is 2.56 bits per heavy atom. The number of hydrogen-bond donors (Lipinski definition) is 1. The minimum absolute atomic E-state index is 0.188. The Kier molecular flexibility index (Phi) is 6.55. The van der Waals surface area contributed by atoms with Gasteiger partial charge in [-0.05, 0) is 37.5 Å². The summed E-state index contributed by atoms with van der Waals surface area (Å²) in [7, 11) is -3.28. The van der Waals surface area contributed by atoms with E-state index in [2.05, 4.69) is 5.32 Å². The van der Waals surface area contributed by atoms with Crippen LogP contribution in [0.3, 0.4) is 0 Å². The Balaban J connectivity index is 1.93. The molecule has 1 N–H and O–H groups in total. The van der Waals surface area contributed by atoms with Gasteiger partial charge in [-0.1, -0.05) is 12.1 Å². The number of carbonyl (C=O) groups is 2. The second-order valence-corrected chi connectivity index (χ2v) is 8.11. The van der Waals surface area contributed by atoms with Crippen molar-refractivity contribution in [1.29, 1.82) is 0 Å². The van der Waals surface area contributed by atoms with Crippen LogP contribution in [0.2, 0.25) is 0 Å². The van der Waals surface area contributed by atoms with Crippen LogP contribution in [-0.4, -0.2) is 50.6 Å². The fourth-order valence-corrected chi connectivity index (χ4v) is 3.70. The highest BCUT2D eigenvalue weighted by Crippen LogP contribution is 2.21. The van der Waals surface area contributed by atoms with Crippen LogP contribution in [0.4, 0.5) is 5.69 Å². The molecule has 0 aromatic heterocycles. The molecule has 0 spiro atoms. The van der Waals surface area contributed by atoms with Crippen LogP contribution in [0, 0.1) is 5.92 Å². The standard InChI is InChI=1S/C17H24N2O5S/c1-3-24-16(20)11-13-6-8-15(9-7-13)18-17(21)14-5-4-10-19(12-14)25(2,22)23/h6-9,14H,3-5,10-12H2,1-2H3,(H,18,21)/t14-/m1/s1. The van der Waals surface area contributed by atoms with Crippen LogP contribution in [0.1, 0.15) is 25.3 Å². The number of piperidine rings is 1. The fraction of sp³-hybridized carbons (Fsp3) is 0.529. The van der Waals surface area contributed by atoms with Crippen molar-refractivity contribution in [3.8, 4) is 0 Å². The maximum absolute atomic E-state index is 12.4. The van der Waals surface area contributed by atoms with Crippen LogP contribution in [0.25, 0.3) is 0 Å². The molecule has 0 aliphatic carbocycles. The quantitative estimate of drug-likeness (QED) is 0.766. The van der Waals surface area contributed by atoms with E-state index in [1.807, 2.05) is 0 Å². The fourth-order valence-electron chi connectivity index (χ4n) is 2.79. The van der Waals surface area contributed by atoms with Crippen LogP contribution in [0.5, 0.6) is 0 Å². The van der Waals surface area contributed by atoms with Crippen molar-refractivity contribution in [3.63, 3.8) is 0 Å². The molecule has 1 amide bonds. The first-order chi connectivity index (χ1) is 11.8. The summed E-state index contributed by atoms with van der Waals surface area (Å²) in [5, 5.41) is 2.81. The third kappa shape index (κ3) is 5.82. The number of nitrogens with zero attached hydrogens (tertiary/aromatic N) is 1. The number of hydrogen-bond acceptors (Lipinski definition) is 5. The molecular formula is C17H24N2O5S. The van der Waals surface area contributed by atoms with E-state index < -0.39 is 10.0 Å². The second-order valence-electron chi connectivity index (χ2n) is 6.13. The number of benzene rings is 1. The second kappa shape index (κ2) is 8.44. The summed E-state index contributed by atoms with van der Waals surface area (Å²) < 4.78 is 29.5.